The van der Waals surface area contributed by atoms with E-state index in [2.05, 4.69) is 37.9 Å². The van der Waals surface area contributed by atoms with Gasteiger partial charge in [-0.2, -0.15) is 5.10 Å². The average molecular weight is 310 g/mol. The molecule has 0 spiro atoms. The number of aryl methyl sites for hydroxylation is 2. The van der Waals surface area contributed by atoms with E-state index in [1.54, 1.807) is 18.5 Å². The average Bonchev–Trinajstić information content (AvgIpc) is 2.67. The Balaban J connectivity index is 2.22. The van der Waals surface area contributed by atoms with E-state index in [0.717, 1.165) is 22.3 Å². The van der Waals surface area contributed by atoms with Gasteiger partial charge in [-0.25, -0.2) is 9.97 Å². The SMILES string of the molecule is CCc1nn(C)c(CC(N)c2ncccn2)c1Br. The molecule has 1 atom stereocenters. The fourth-order valence-corrected chi connectivity index (χ4v) is 2.62. The highest BCUT2D eigenvalue weighted by Crippen LogP contribution is 2.24. The lowest BCUT2D eigenvalue weighted by molar-refractivity contribution is 0.611. The Labute approximate surface area is 115 Å². The second kappa shape index (κ2) is 5.58. The highest BCUT2D eigenvalue weighted by Gasteiger charge is 2.17. The Kier molecular flexibility index (Phi) is 4.08. The predicted octanol–water partition coefficient (Wildman–Crippen LogP) is 1.78. The van der Waals surface area contributed by atoms with Crippen LogP contribution in [0.15, 0.2) is 22.9 Å². The molecule has 0 aliphatic carbocycles. The molecule has 0 aliphatic heterocycles. The van der Waals surface area contributed by atoms with Crippen molar-refractivity contribution < 1.29 is 0 Å². The van der Waals surface area contributed by atoms with Gasteiger partial charge in [-0.1, -0.05) is 6.92 Å². The van der Waals surface area contributed by atoms with Crippen LogP contribution in [0.3, 0.4) is 0 Å². The largest absolute Gasteiger partial charge is 0.321 e. The Morgan fingerprint density at radius 1 is 1.39 bits per heavy atom. The molecule has 96 valence electrons. The highest BCUT2D eigenvalue weighted by atomic mass is 79.9. The van der Waals surface area contributed by atoms with E-state index in [1.165, 1.54) is 0 Å². The van der Waals surface area contributed by atoms with E-state index >= 15 is 0 Å². The zero-order chi connectivity index (χ0) is 13.1. The van der Waals surface area contributed by atoms with E-state index in [-0.39, 0.29) is 6.04 Å². The predicted molar refractivity (Wildman–Crippen MR) is 73.0 cm³/mol. The standard InChI is InChI=1S/C12H16BrN5/c1-3-9-11(13)10(18(2)17-9)7-8(14)12-15-5-4-6-16-12/h4-6,8H,3,7,14H2,1-2H3. The van der Waals surface area contributed by atoms with Crippen molar-refractivity contribution in [1.29, 1.82) is 0 Å². The van der Waals surface area contributed by atoms with Gasteiger partial charge in [0.15, 0.2) is 0 Å². The molecule has 2 aromatic rings. The van der Waals surface area contributed by atoms with Gasteiger partial charge in [-0.05, 0) is 28.4 Å². The van der Waals surface area contributed by atoms with Crippen molar-refractivity contribution in [1.82, 2.24) is 19.7 Å². The summed E-state index contributed by atoms with van der Waals surface area (Å²) < 4.78 is 2.91. The lowest BCUT2D eigenvalue weighted by Gasteiger charge is -2.10. The summed E-state index contributed by atoms with van der Waals surface area (Å²) in [5, 5.41) is 4.45. The maximum atomic E-state index is 6.13. The normalized spacial score (nSPS) is 12.7. The van der Waals surface area contributed by atoms with Crippen LogP contribution in [0.25, 0.3) is 0 Å². The Hall–Kier alpha value is -1.27. The molecule has 2 rings (SSSR count). The smallest absolute Gasteiger partial charge is 0.145 e. The summed E-state index contributed by atoms with van der Waals surface area (Å²) in [4.78, 5) is 8.36. The maximum absolute atomic E-state index is 6.13. The summed E-state index contributed by atoms with van der Waals surface area (Å²) in [7, 11) is 1.93. The third-order valence-corrected chi connectivity index (χ3v) is 3.75. The first-order valence-electron chi connectivity index (χ1n) is 5.86. The molecule has 0 radical (unpaired) electrons. The van der Waals surface area contributed by atoms with Gasteiger partial charge in [-0.3, -0.25) is 4.68 Å². The van der Waals surface area contributed by atoms with Gasteiger partial charge in [0.05, 0.1) is 21.9 Å². The zero-order valence-corrected chi connectivity index (χ0v) is 12.1. The summed E-state index contributed by atoms with van der Waals surface area (Å²) in [6, 6.07) is 1.56. The number of rotatable bonds is 4. The molecule has 2 aromatic heterocycles. The van der Waals surface area contributed by atoms with E-state index < -0.39 is 0 Å². The summed E-state index contributed by atoms with van der Waals surface area (Å²) >= 11 is 3.58. The van der Waals surface area contributed by atoms with Crippen molar-refractivity contribution in [3.8, 4) is 0 Å². The minimum atomic E-state index is -0.220. The Morgan fingerprint density at radius 3 is 2.61 bits per heavy atom. The molecule has 0 aromatic carbocycles. The molecule has 2 N–H and O–H groups in total. The topological polar surface area (TPSA) is 69.6 Å². The van der Waals surface area contributed by atoms with Crippen molar-refractivity contribution in [3.05, 3.63) is 40.1 Å². The van der Waals surface area contributed by atoms with Crippen molar-refractivity contribution in [3.63, 3.8) is 0 Å². The van der Waals surface area contributed by atoms with Crippen LogP contribution < -0.4 is 5.73 Å². The number of nitrogens with zero attached hydrogens (tertiary/aromatic N) is 4. The van der Waals surface area contributed by atoms with E-state index in [1.807, 2.05) is 11.7 Å². The van der Waals surface area contributed by atoms with Crippen LogP contribution in [0.4, 0.5) is 0 Å². The first-order chi connectivity index (χ1) is 8.63. The van der Waals surface area contributed by atoms with Gasteiger partial charge in [-0.15, -0.1) is 0 Å². The van der Waals surface area contributed by atoms with Crippen molar-refractivity contribution in [2.45, 2.75) is 25.8 Å². The van der Waals surface area contributed by atoms with Gasteiger partial charge in [0.1, 0.15) is 5.82 Å². The Morgan fingerprint density at radius 2 is 2.06 bits per heavy atom. The number of aromatic nitrogens is 4. The molecule has 2 heterocycles. The van der Waals surface area contributed by atoms with E-state index in [4.69, 9.17) is 5.73 Å². The quantitative estimate of drug-likeness (QED) is 0.934. The molecule has 0 saturated heterocycles. The van der Waals surface area contributed by atoms with E-state index in [9.17, 15) is 0 Å². The molecule has 0 amide bonds. The number of hydrogen-bond acceptors (Lipinski definition) is 4. The molecule has 0 fully saturated rings. The summed E-state index contributed by atoms with van der Waals surface area (Å²) in [6.07, 6.45) is 4.97. The van der Waals surface area contributed by atoms with Gasteiger partial charge in [0.2, 0.25) is 0 Å². The van der Waals surface area contributed by atoms with Crippen molar-refractivity contribution in [2.24, 2.45) is 12.8 Å². The van der Waals surface area contributed by atoms with Gasteiger partial charge >= 0.3 is 0 Å². The van der Waals surface area contributed by atoms with Crippen LogP contribution in [-0.2, 0) is 19.9 Å². The highest BCUT2D eigenvalue weighted by molar-refractivity contribution is 9.10. The molecule has 5 nitrogen and oxygen atoms in total. The minimum Gasteiger partial charge on any atom is -0.321 e. The van der Waals surface area contributed by atoms with E-state index in [0.29, 0.717) is 12.2 Å². The van der Waals surface area contributed by atoms with Gasteiger partial charge in [0, 0.05) is 25.9 Å². The summed E-state index contributed by atoms with van der Waals surface area (Å²) in [6.45, 7) is 2.08. The molecule has 0 aliphatic rings. The van der Waals surface area contributed by atoms with Crippen LogP contribution in [0.1, 0.15) is 30.2 Å². The van der Waals surface area contributed by atoms with Crippen LogP contribution in [0.5, 0.6) is 0 Å². The second-order valence-electron chi connectivity index (χ2n) is 4.10. The first kappa shape index (κ1) is 13.2. The van der Waals surface area contributed by atoms with Crippen LogP contribution in [-0.4, -0.2) is 19.7 Å². The molecule has 1 unspecified atom stereocenters. The summed E-state index contributed by atoms with van der Waals surface area (Å²) in [5.41, 5.74) is 8.25. The minimum absolute atomic E-state index is 0.220. The van der Waals surface area contributed by atoms with Crippen molar-refractivity contribution >= 4 is 15.9 Å². The zero-order valence-electron chi connectivity index (χ0n) is 10.5. The van der Waals surface area contributed by atoms with Gasteiger partial charge < -0.3 is 5.73 Å². The molecular weight excluding hydrogens is 294 g/mol. The fourth-order valence-electron chi connectivity index (χ4n) is 1.84. The lowest BCUT2D eigenvalue weighted by Crippen LogP contribution is -2.18. The monoisotopic (exact) mass is 309 g/mol. The number of halogens is 1. The van der Waals surface area contributed by atoms with Gasteiger partial charge in [0.25, 0.3) is 0 Å². The maximum Gasteiger partial charge on any atom is 0.145 e. The number of hydrogen-bond donors (Lipinski definition) is 1. The fraction of sp³-hybridized carbons (Fsp3) is 0.417. The molecule has 18 heavy (non-hydrogen) atoms. The van der Waals surface area contributed by atoms with Crippen LogP contribution in [0.2, 0.25) is 0 Å². The molecular formula is C12H16BrN5. The third-order valence-electron chi connectivity index (χ3n) is 2.83. The first-order valence-corrected chi connectivity index (χ1v) is 6.65. The molecule has 0 bridgehead atoms. The number of nitrogens with two attached hydrogens (primary N) is 1. The van der Waals surface area contributed by atoms with Crippen LogP contribution >= 0.6 is 15.9 Å². The molecule has 6 heteroatoms. The third kappa shape index (κ3) is 2.59. The van der Waals surface area contributed by atoms with Crippen LogP contribution in [0, 0.1) is 0 Å². The second-order valence-corrected chi connectivity index (χ2v) is 4.90. The molecule has 0 saturated carbocycles. The lowest BCUT2D eigenvalue weighted by atomic mass is 10.1. The summed E-state index contributed by atoms with van der Waals surface area (Å²) in [5.74, 6) is 0.656. The Bertz CT molecular complexity index is 523. The van der Waals surface area contributed by atoms with Crippen molar-refractivity contribution in [2.75, 3.05) is 0 Å².